The maximum atomic E-state index is 13.8. The molecule has 0 radical (unpaired) electrons. The highest BCUT2D eigenvalue weighted by atomic mass is 32.2. The first-order valence-corrected chi connectivity index (χ1v) is 8.79. The number of nitrogens with zero attached hydrogens (tertiary/aromatic N) is 1. The van der Waals surface area contributed by atoms with Crippen molar-refractivity contribution in [2.75, 3.05) is 0 Å². The van der Waals surface area contributed by atoms with Crippen LogP contribution in [-0.4, -0.2) is 24.5 Å². The molecule has 9 heteroatoms. The molecule has 0 bridgehead atoms. The highest BCUT2D eigenvalue weighted by molar-refractivity contribution is 7.90. The summed E-state index contributed by atoms with van der Waals surface area (Å²) in [6, 6.07) is 1.36. The number of carbonyl (C=O) groups is 1. The van der Waals surface area contributed by atoms with Crippen LogP contribution in [0.2, 0.25) is 0 Å². The van der Waals surface area contributed by atoms with Crippen LogP contribution in [0.25, 0.3) is 0 Å². The molecular formula is C15H15F2N3O3S. The van der Waals surface area contributed by atoms with Crippen molar-refractivity contribution in [3.05, 3.63) is 46.8 Å². The lowest BCUT2D eigenvalue weighted by Gasteiger charge is -2.21. The predicted molar refractivity (Wildman–Crippen MR) is 80.5 cm³/mol. The van der Waals surface area contributed by atoms with E-state index in [2.05, 4.69) is 10.2 Å². The molecule has 1 aromatic heterocycles. The van der Waals surface area contributed by atoms with Crippen LogP contribution in [0.5, 0.6) is 0 Å². The second-order valence-electron chi connectivity index (χ2n) is 5.82. The van der Waals surface area contributed by atoms with Crippen molar-refractivity contribution < 1.29 is 22.0 Å². The first kappa shape index (κ1) is 16.6. The van der Waals surface area contributed by atoms with Crippen LogP contribution < -0.4 is 4.72 Å². The smallest absolute Gasteiger partial charge is 0.266 e. The molecule has 0 fully saturated rings. The number of benzene rings is 1. The summed E-state index contributed by atoms with van der Waals surface area (Å²) >= 11 is 0. The second kappa shape index (κ2) is 5.97. The lowest BCUT2D eigenvalue weighted by Crippen LogP contribution is -2.38. The minimum absolute atomic E-state index is 0.0241. The van der Waals surface area contributed by atoms with E-state index in [1.54, 1.807) is 6.20 Å². The number of hydrogen-bond donors (Lipinski definition) is 2. The molecule has 0 spiro atoms. The topological polar surface area (TPSA) is 91.9 Å². The zero-order valence-corrected chi connectivity index (χ0v) is 13.6. The van der Waals surface area contributed by atoms with E-state index in [4.69, 9.17) is 0 Å². The highest BCUT2D eigenvalue weighted by Gasteiger charge is 2.30. The molecule has 1 heterocycles. The monoisotopic (exact) mass is 355 g/mol. The first-order valence-electron chi connectivity index (χ1n) is 7.31. The standard InChI is InChI=1S/C15H15F2N3O3S/c1-8-4-14(12(17)6-11(8)16)24(22,23)20-15(21)9-2-3-10-7-18-19-13(10)5-9/h4,6-7,9H,2-3,5H2,1H3,(H,18,19)(H,20,21)/t9-/m1/s1. The zero-order valence-electron chi connectivity index (χ0n) is 12.8. The molecule has 6 nitrogen and oxygen atoms in total. The quantitative estimate of drug-likeness (QED) is 0.875. The minimum atomic E-state index is -4.41. The molecule has 1 aliphatic rings. The van der Waals surface area contributed by atoms with Gasteiger partial charge in [0, 0.05) is 24.1 Å². The predicted octanol–water partition coefficient (Wildman–Crippen LogP) is 1.61. The fourth-order valence-corrected chi connectivity index (χ4v) is 3.93. The Morgan fingerprint density at radius 2 is 2.08 bits per heavy atom. The molecule has 0 aliphatic heterocycles. The Kier molecular flexibility index (Phi) is 4.12. The maximum absolute atomic E-state index is 13.8. The number of amides is 1. The molecule has 1 atom stereocenters. The van der Waals surface area contributed by atoms with Crippen LogP contribution in [0.15, 0.2) is 23.2 Å². The summed E-state index contributed by atoms with van der Waals surface area (Å²) in [5, 5.41) is 6.67. The van der Waals surface area contributed by atoms with E-state index in [0.717, 1.165) is 17.3 Å². The van der Waals surface area contributed by atoms with Gasteiger partial charge in [-0.3, -0.25) is 9.89 Å². The maximum Gasteiger partial charge on any atom is 0.266 e. The van der Waals surface area contributed by atoms with Gasteiger partial charge in [0.2, 0.25) is 5.91 Å². The molecule has 0 saturated carbocycles. The summed E-state index contributed by atoms with van der Waals surface area (Å²) in [7, 11) is -4.41. The molecule has 3 rings (SSSR count). The molecule has 1 aliphatic carbocycles. The summed E-state index contributed by atoms with van der Waals surface area (Å²) in [5.74, 6) is -3.36. The third kappa shape index (κ3) is 3.03. The molecule has 0 unspecified atom stereocenters. The normalized spacial score (nSPS) is 17.4. The summed E-state index contributed by atoms with van der Waals surface area (Å²) in [5.41, 5.74) is 1.77. The Morgan fingerprint density at radius 3 is 2.83 bits per heavy atom. The van der Waals surface area contributed by atoms with Gasteiger partial charge in [-0.25, -0.2) is 21.9 Å². The van der Waals surface area contributed by atoms with Crippen LogP contribution in [0, 0.1) is 24.5 Å². The summed E-state index contributed by atoms with van der Waals surface area (Å²) in [4.78, 5) is 11.5. The van der Waals surface area contributed by atoms with Crippen molar-refractivity contribution in [1.82, 2.24) is 14.9 Å². The Balaban J connectivity index is 1.80. The number of fused-ring (bicyclic) bond motifs is 1. The summed E-state index contributed by atoms with van der Waals surface area (Å²) < 4.78 is 53.5. The van der Waals surface area contributed by atoms with Gasteiger partial charge in [-0.15, -0.1) is 0 Å². The molecule has 24 heavy (non-hydrogen) atoms. The van der Waals surface area contributed by atoms with Gasteiger partial charge in [-0.05, 0) is 37.0 Å². The van der Waals surface area contributed by atoms with Gasteiger partial charge in [0.05, 0.1) is 6.20 Å². The van der Waals surface area contributed by atoms with Gasteiger partial charge in [-0.2, -0.15) is 5.10 Å². The van der Waals surface area contributed by atoms with Crippen molar-refractivity contribution in [1.29, 1.82) is 0 Å². The minimum Gasteiger partial charge on any atom is -0.282 e. The summed E-state index contributed by atoms with van der Waals surface area (Å²) in [6.45, 7) is 1.32. The number of rotatable bonds is 3. The number of carbonyl (C=O) groups excluding carboxylic acids is 1. The van der Waals surface area contributed by atoms with Gasteiger partial charge in [-0.1, -0.05) is 0 Å². The molecular weight excluding hydrogens is 340 g/mol. The molecule has 0 saturated heterocycles. The number of H-pyrrole nitrogens is 1. The largest absolute Gasteiger partial charge is 0.282 e. The average Bonchev–Trinajstić information content (AvgIpc) is 2.97. The van der Waals surface area contributed by atoms with Crippen LogP contribution in [0.1, 0.15) is 23.2 Å². The van der Waals surface area contributed by atoms with Crippen LogP contribution >= 0.6 is 0 Å². The van der Waals surface area contributed by atoms with Crippen molar-refractivity contribution >= 4 is 15.9 Å². The first-order chi connectivity index (χ1) is 11.3. The summed E-state index contributed by atoms with van der Waals surface area (Å²) in [6.07, 6.45) is 3.09. The van der Waals surface area contributed by atoms with Crippen molar-refractivity contribution in [2.45, 2.75) is 31.1 Å². The number of aromatic amines is 1. The lowest BCUT2D eigenvalue weighted by molar-refractivity contribution is -0.123. The van der Waals surface area contributed by atoms with E-state index in [-0.39, 0.29) is 5.56 Å². The van der Waals surface area contributed by atoms with Crippen LogP contribution in [0.4, 0.5) is 8.78 Å². The fourth-order valence-electron chi connectivity index (χ4n) is 2.74. The molecule has 2 aromatic rings. The van der Waals surface area contributed by atoms with Gasteiger partial charge in [0.1, 0.15) is 16.5 Å². The average molecular weight is 355 g/mol. The number of aromatic nitrogens is 2. The van der Waals surface area contributed by atoms with E-state index < -0.39 is 38.4 Å². The molecule has 1 aromatic carbocycles. The van der Waals surface area contributed by atoms with Gasteiger partial charge >= 0.3 is 0 Å². The van der Waals surface area contributed by atoms with Crippen molar-refractivity contribution in [3.63, 3.8) is 0 Å². The Bertz CT molecular complexity index is 909. The number of aryl methyl sites for hydroxylation is 2. The van der Waals surface area contributed by atoms with E-state index in [1.807, 2.05) is 4.72 Å². The highest BCUT2D eigenvalue weighted by Crippen LogP contribution is 2.25. The Morgan fingerprint density at radius 1 is 1.33 bits per heavy atom. The van der Waals surface area contributed by atoms with E-state index in [1.165, 1.54) is 6.92 Å². The SMILES string of the molecule is Cc1cc(S(=O)(=O)NC(=O)[C@@H]2CCc3cn[nH]c3C2)c(F)cc1F. The van der Waals surface area contributed by atoms with E-state index in [9.17, 15) is 22.0 Å². The third-order valence-corrected chi connectivity index (χ3v) is 5.49. The van der Waals surface area contributed by atoms with Gasteiger partial charge in [0.15, 0.2) is 0 Å². The van der Waals surface area contributed by atoms with E-state index >= 15 is 0 Å². The van der Waals surface area contributed by atoms with Gasteiger partial charge in [0.25, 0.3) is 10.0 Å². The number of nitrogens with one attached hydrogen (secondary N) is 2. The Hall–Kier alpha value is -2.29. The van der Waals surface area contributed by atoms with E-state index in [0.29, 0.717) is 25.3 Å². The van der Waals surface area contributed by atoms with Crippen molar-refractivity contribution in [2.24, 2.45) is 5.92 Å². The number of hydrogen-bond acceptors (Lipinski definition) is 4. The number of halogens is 2. The fraction of sp³-hybridized carbons (Fsp3) is 0.333. The Labute approximate surface area is 137 Å². The van der Waals surface area contributed by atoms with Crippen LogP contribution in [-0.2, 0) is 27.7 Å². The molecule has 128 valence electrons. The van der Waals surface area contributed by atoms with Crippen molar-refractivity contribution in [3.8, 4) is 0 Å². The molecule has 1 amide bonds. The lowest BCUT2D eigenvalue weighted by atomic mass is 9.88. The molecule has 2 N–H and O–H groups in total. The zero-order chi connectivity index (χ0) is 17.5. The van der Waals surface area contributed by atoms with Crippen LogP contribution in [0.3, 0.4) is 0 Å². The second-order valence-corrected chi connectivity index (χ2v) is 7.47. The number of sulfonamides is 1. The van der Waals surface area contributed by atoms with Gasteiger partial charge < -0.3 is 0 Å². The third-order valence-electron chi connectivity index (χ3n) is 4.13.